The molecule has 0 saturated carbocycles. The van der Waals surface area contributed by atoms with Gasteiger partial charge in [-0.05, 0) is 24.3 Å². The number of pyridine rings is 1. The second-order valence-electron chi connectivity index (χ2n) is 3.10. The highest BCUT2D eigenvalue weighted by Gasteiger charge is 2.06. The lowest BCUT2D eigenvalue weighted by Crippen LogP contribution is -2.02. The van der Waals surface area contributed by atoms with Crippen LogP contribution >= 0.6 is 11.6 Å². The maximum atomic E-state index is 13.4. The minimum atomic E-state index is -0.363. The van der Waals surface area contributed by atoms with Crippen molar-refractivity contribution in [3.8, 4) is 11.3 Å². The van der Waals surface area contributed by atoms with Crippen molar-refractivity contribution in [3.05, 3.63) is 47.4 Å². The molecule has 0 amide bonds. The third-order valence-corrected chi connectivity index (χ3v) is 2.22. The lowest BCUT2D eigenvalue weighted by molar-refractivity contribution is 0.631. The highest BCUT2D eigenvalue weighted by atomic mass is 35.5. The summed E-state index contributed by atoms with van der Waals surface area (Å²) >= 11 is 5.78. The minimum Gasteiger partial charge on any atom is -0.256 e. The fraction of sp³-hybridized carbons (Fsp3) is 0. The van der Waals surface area contributed by atoms with Crippen molar-refractivity contribution >= 4 is 24.9 Å². The zero-order chi connectivity index (χ0) is 10.8. The SMILES string of the molecule is [B]c1ccnc(-c2cc(Cl)ccc2F)c1. The summed E-state index contributed by atoms with van der Waals surface area (Å²) in [6, 6.07) is 7.58. The first kappa shape index (κ1) is 10.2. The molecule has 2 radical (unpaired) electrons. The number of hydrogen-bond donors (Lipinski definition) is 0. The Morgan fingerprint density at radius 1 is 1.20 bits per heavy atom. The van der Waals surface area contributed by atoms with E-state index in [2.05, 4.69) is 4.98 Å². The van der Waals surface area contributed by atoms with Crippen LogP contribution in [0.5, 0.6) is 0 Å². The second-order valence-corrected chi connectivity index (χ2v) is 3.54. The Labute approximate surface area is 93.3 Å². The van der Waals surface area contributed by atoms with Crippen LogP contribution in [0.1, 0.15) is 0 Å². The molecular formula is C11H6BClFN. The van der Waals surface area contributed by atoms with Crippen LogP contribution in [0, 0.1) is 5.82 Å². The monoisotopic (exact) mass is 217 g/mol. The standard InChI is InChI=1S/C11H6BClFN/c12-7-3-4-15-11(5-7)9-6-8(13)1-2-10(9)14/h1-6H. The Hall–Kier alpha value is -1.35. The molecule has 1 aromatic heterocycles. The lowest BCUT2D eigenvalue weighted by atomic mass is 9.95. The van der Waals surface area contributed by atoms with Gasteiger partial charge in [-0.2, -0.15) is 0 Å². The summed E-state index contributed by atoms with van der Waals surface area (Å²) in [7, 11) is 5.59. The van der Waals surface area contributed by atoms with E-state index in [1.807, 2.05) is 0 Å². The van der Waals surface area contributed by atoms with Gasteiger partial charge < -0.3 is 0 Å². The smallest absolute Gasteiger partial charge is 0.132 e. The van der Waals surface area contributed by atoms with E-state index in [1.54, 1.807) is 12.1 Å². The van der Waals surface area contributed by atoms with E-state index in [0.29, 0.717) is 21.7 Å². The fourth-order valence-corrected chi connectivity index (χ4v) is 1.46. The predicted molar refractivity (Wildman–Crippen MR) is 60.0 cm³/mol. The summed E-state index contributed by atoms with van der Waals surface area (Å²) in [5.74, 6) is -0.363. The first-order valence-electron chi connectivity index (χ1n) is 4.34. The minimum absolute atomic E-state index is 0.356. The summed E-state index contributed by atoms with van der Waals surface area (Å²) < 4.78 is 13.4. The van der Waals surface area contributed by atoms with Crippen molar-refractivity contribution in [2.45, 2.75) is 0 Å². The Kier molecular flexibility index (Phi) is 2.74. The van der Waals surface area contributed by atoms with Crippen molar-refractivity contribution in [3.63, 3.8) is 0 Å². The molecule has 0 atom stereocenters. The Balaban J connectivity index is 2.58. The zero-order valence-electron chi connectivity index (χ0n) is 7.74. The number of nitrogens with zero attached hydrogens (tertiary/aromatic N) is 1. The van der Waals surface area contributed by atoms with Crippen molar-refractivity contribution in [1.82, 2.24) is 4.98 Å². The molecule has 0 saturated heterocycles. The third kappa shape index (κ3) is 2.18. The molecule has 1 nitrogen and oxygen atoms in total. The van der Waals surface area contributed by atoms with Gasteiger partial charge in [-0.3, -0.25) is 4.98 Å². The maximum Gasteiger partial charge on any atom is 0.132 e. The number of benzene rings is 1. The Morgan fingerprint density at radius 3 is 2.73 bits per heavy atom. The van der Waals surface area contributed by atoms with Crippen LogP contribution in [-0.2, 0) is 0 Å². The third-order valence-electron chi connectivity index (χ3n) is 1.99. The van der Waals surface area contributed by atoms with E-state index in [4.69, 9.17) is 19.4 Å². The quantitative estimate of drug-likeness (QED) is 0.668. The van der Waals surface area contributed by atoms with E-state index < -0.39 is 0 Å². The van der Waals surface area contributed by atoms with Gasteiger partial charge in [0.1, 0.15) is 13.7 Å². The van der Waals surface area contributed by atoms with Crippen LogP contribution in [0.15, 0.2) is 36.5 Å². The molecule has 1 aromatic carbocycles. The zero-order valence-corrected chi connectivity index (χ0v) is 8.50. The molecule has 2 rings (SSSR count). The Bertz CT molecular complexity index is 502. The Morgan fingerprint density at radius 2 is 2.00 bits per heavy atom. The summed E-state index contributed by atoms with van der Waals surface area (Å²) in [5.41, 5.74) is 1.38. The van der Waals surface area contributed by atoms with Crippen molar-refractivity contribution in [1.29, 1.82) is 0 Å². The summed E-state index contributed by atoms with van der Waals surface area (Å²) in [6.45, 7) is 0. The molecule has 2 aromatic rings. The van der Waals surface area contributed by atoms with Crippen LogP contribution < -0.4 is 5.46 Å². The van der Waals surface area contributed by atoms with Gasteiger partial charge in [0.2, 0.25) is 0 Å². The van der Waals surface area contributed by atoms with Crippen LogP contribution in [0.25, 0.3) is 11.3 Å². The van der Waals surface area contributed by atoms with Crippen molar-refractivity contribution < 1.29 is 4.39 Å². The van der Waals surface area contributed by atoms with Crippen LogP contribution in [0.3, 0.4) is 0 Å². The van der Waals surface area contributed by atoms with E-state index in [1.165, 1.54) is 24.4 Å². The topological polar surface area (TPSA) is 12.9 Å². The van der Waals surface area contributed by atoms with Gasteiger partial charge >= 0.3 is 0 Å². The normalized spacial score (nSPS) is 10.3. The molecule has 72 valence electrons. The predicted octanol–water partition coefficient (Wildman–Crippen LogP) is 2.33. The van der Waals surface area contributed by atoms with Gasteiger partial charge in [0.05, 0.1) is 5.69 Å². The molecule has 15 heavy (non-hydrogen) atoms. The highest BCUT2D eigenvalue weighted by molar-refractivity contribution is 6.32. The molecule has 0 aliphatic carbocycles. The molecule has 0 aliphatic rings. The van der Waals surface area contributed by atoms with Gasteiger partial charge in [0.25, 0.3) is 0 Å². The fourth-order valence-electron chi connectivity index (χ4n) is 1.29. The molecular weight excluding hydrogens is 211 g/mol. The van der Waals surface area contributed by atoms with Gasteiger partial charge in [-0.25, -0.2) is 4.39 Å². The van der Waals surface area contributed by atoms with Gasteiger partial charge in [0.15, 0.2) is 0 Å². The molecule has 1 heterocycles. The highest BCUT2D eigenvalue weighted by Crippen LogP contribution is 2.23. The van der Waals surface area contributed by atoms with Crippen molar-refractivity contribution in [2.24, 2.45) is 0 Å². The number of hydrogen-bond acceptors (Lipinski definition) is 1. The first-order valence-corrected chi connectivity index (χ1v) is 4.71. The summed E-state index contributed by atoms with van der Waals surface area (Å²) in [6.07, 6.45) is 1.53. The van der Waals surface area contributed by atoms with E-state index in [0.717, 1.165) is 0 Å². The maximum absolute atomic E-state index is 13.4. The molecule has 0 fully saturated rings. The van der Waals surface area contributed by atoms with E-state index >= 15 is 0 Å². The number of aromatic nitrogens is 1. The molecule has 0 aliphatic heterocycles. The van der Waals surface area contributed by atoms with Gasteiger partial charge in [0, 0.05) is 16.8 Å². The van der Waals surface area contributed by atoms with E-state index in [9.17, 15) is 4.39 Å². The average Bonchev–Trinajstić information content (AvgIpc) is 2.22. The van der Waals surface area contributed by atoms with Crippen LogP contribution in [0.4, 0.5) is 4.39 Å². The van der Waals surface area contributed by atoms with Crippen LogP contribution in [-0.4, -0.2) is 12.8 Å². The van der Waals surface area contributed by atoms with Gasteiger partial charge in [-0.1, -0.05) is 23.1 Å². The van der Waals surface area contributed by atoms with E-state index in [-0.39, 0.29) is 5.82 Å². The summed E-state index contributed by atoms with van der Waals surface area (Å²) in [5, 5.41) is 0.468. The molecule has 0 unspecified atom stereocenters. The van der Waals surface area contributed by atoms with Crippen LogP contribution in [0.2, 0.25) is 5.02 Å². The van der Waals surface area contributed by atoms with Gasteiger partial charge in [-0.15, -0.1) is 0 Å². The number of halogens is 2. The second kappa shape index (κ2) is 4.03. The molecule has 0 N–H and O–H groups in total. The largest absolute Gasteiger partial charge is 0.256 e. The summed E-state index contributed by atoms with van der Waals surface area (Å²) in [4.78, 5) is 4.03. The molecule has 4 heteroatoms. The lowest BCUT2D eigenvalue weighted by Gasteiger charge is -2.04. The first-order chi connectivity index (χ1) is 7.16. The molecule has 0 bridgehead atoms. The van der Waals surface area contributed by atoms with Crippen molar-refractivity contribution in [2.75, 3.05) is 0 Å². The average molecular weight is 217 g/mol. The molecule has 0 spiro atoms. The number of rotatable bonds is 1.